The summed E-state index contributed by atoms with van der Waals surface area (Å²) in [6.07, 6.45) is 0. The Morgan fingerprint density at radius 2 is 1.78 bits per heavy atom. The van der Waals surface area contributed by atoms with Crippen LogP contribution in [0.5, 0.6) is 5.75 Å². The van der Waals surface area contributed by atoms with Gasteiger partial charge in [0.25, 0.3) is 0 Å². The Hall–Kier alpha value is -1.09. The van der Waals surface area contributed by atoms with Gasteiger partial charge in [0.2, 0.25) is 0 Å². The van der Waals surface area contributed by atoms with Crippen molar-refractivity contribution in [3.63, 3.8) is 0 Å². The van der Waals surface area contributed by atoms with E-state index in [1.165, 1.54) is 18.2 Å². The summed E-state index contributed by atoms with van der Waals surface area (Å²) in [5, 5.41) is 13.3. The second-order valence-corrected chi connectivity index (χ2v) is 6.47. The van der Waals surface area contributed by atoms with E-state index in [0.717, 1.165) is 0 Å². The summed E-state index contributed by atoms with van der Waals surface area (Å²) in [7, 11) is 0. The largest absolute Gasteiger partial charge is 0.508 e. The van der Waals surface area contributed by atoms with E-state index in [1.54, 1.807) is 0 Å². The molecule has 2 rings (SSSR count). The van der Waals surface area contributed by atoms with Crippen molar-refractivity contribution < 1.29 is 9.50 Å². The highest BCUT2D eigenvalue weighted by molar-refractivity contribution is 5.35. The Kier molecular flexibility index (Phi) is 2.93. The molecule has 1 fully saturated rings. The van der Waals surface area contributed by atoms with Crippen molar-refractivity contribution in [1.29, 1.82) is 0 Å². The fraction of sp³-hybridized carbons (Fsp3) is 0.600. The van der Waals surface area contributed by atoms with Crippen LogP contribution in [-0.4, -0.2) is 11.1 Å². The van der Waals surface area contributed by atoms with Crippen molar-refractivity contribution in [2.24, 2.45) is 10.8 Å². The Morgan fingerprint density at radius 3 is 2.28 bits per heavy atom. The zero-order chi connectivity index (χ0) is 13.7. The van der Waals surface area contributed by atoms with Crippen molar-refractivity contribution in [3.05, 3.63) is 29.6 Å². The van der Waals surface area contributed by atoms with Crippen LogP contribution in [0.2, 0.25) is 0 Å². The van der Waals surface area contributed by atoms with Crippen LogP contribution in [-0.2, 0) is 0 Å². The fourth-order valence-corrected chi connectivity index (χ4v) is 2.83. The molecule has 0 heterocycles. The Balaban J connectivity index is 2.14. The number of hydrogen-bond donors (Lipinski definition) is 2. The molecule has 0 spiro atoms. The lowest BCUT2D eigenvalue weighted by Gasteiger charge is -2.17. The number of nitrogens with one attached hydrogen (secondary N) is 1. The van der Waals surface area contributed by atoms with Gasteiger partial charge in [0.15, 0.2) is 0 Å². The molecule has 0 bridgehead atoms. The third-order valence-electron chi connectivity index (χ3n) is 4.89. The van der Waals surface area contributed by atoms with Crippen LogP contribution in [0.1, 0.15) is 46.2 Å². The number of rotatable bonds is 3. The summed E-state index contributed by atoms with van der Waals surface area (Å²) in [6.45, 7) is 10.9. The summed E-state index contributed by atoms with van der Waals surface area (Å²) in [5.74, 6) is -0.168. The first-order valence-electron chi connectivity index (χ1n) is 6.42. The molecule has 100 valence electrons. The van der Waals surface area contributed by atoms with E-state index < -0.39 is 0 Å². The minimum Gasteiger partial charge on any atom is -0.508 e. The Bertz CT molecular complexity index is 454. The molecule has 2 N–H and O–H groups in total. The van der Waals surface area contributed by atoms with E-state index in [9.17, 15) is 9.50 Å². The SMILES string of the molecule is CC(NC1C(C)(C)C1(C)C)c1cc(F)ccc1O. The molecule has 1 aromatic carbocycles. The molecule has 1 aliphatic rings. The number of aromatic hydroxyl groups is 1. The maximum atomic E-state index is 13.2. The molecule has 1 aliphatic carbocycles. The van der Waals surface area contributed by atoms with Gasteiger partial charge in [-0.2, -0.15) is 0 Å². The van der Waals surface area contributed by atoms with Crippen molar-refractivity contribution in [2.45, 2.75) is 46.7 Å². The lowest BCUT2D eigenvalue weighted by molar-refractivity contribution is 0.437. The highest BCUT2D eigenvalue weighted by Crippen LogP contribution is 2.63. The Labute approximate surface area is 108 Å². The van der Waals surface area contributed by atoms with Gasteiger partial charge in [-0.3, -0.25) is 0 Å². The molecule has 1 aromatic rings. The Morgan fingerprint density at radius 1 is 1.22 bits per heavy atom. The summed E-state index contributed by atoms with van der Waals surface area (Å²) in [6, 6.07) is 4.40. The number of phenols is 1. The van der Waals surface area contributed by atoms with Gasteiger partial charge in [0.05, 0.1) is 0 Å². The third kappa shape index (κ3) is 1.91. The van der Waals surface area contributed by atoms with Crippen LogP contribution in [0, 0.1) is 16.6 Å². The van der Waals surface area contributed by atoms with Crippen LogP contribution in [0.25, 0.3) is 0 Å². The van der Waals surface area contributed by atoms with Gasteiger partial charge in [-0.05, 0) is 36.0 Å². The molecule has 18 heavy (non-hydrogen) atoms. The average molecular weight is 251 g/mol. The minimum absolute atomic E-state index is 0.0632. The molecular weight excluding hydrogens is 229 g/mol. The highest BCUT2D eigenvalue weighted by Gasteiger charge is 2.64. The fourth-order valence-electron chi connectivity index (χ4n) is 2.83. The van der Waals surface area contributed by atoms with Crippen LogP contribution < -0.4 is 5.32 Å². The summed E-state index contributed by atoms with van der Waals surface area (Å²) in [4.78, 5) is 0. The van der Waals surface area contributed by atoms with Crippen LogP contribution in [0.15, 0.2) is 18.2 Å². The predicted molar refractivity (Wildman–Crippen MR) is 71.0 cm³/mol. The van der Waals surface area contributed by atoms with Gasteiger partial charge >= 0.3 is 0 Å². The summed E-state index contributed by atoms with van der Waals surface area (Å²) < 4.78 is 13.2. The predicted octanol–water partition coefficient (Wildman–Crippen LogP) is 3.62. The highest BCUT2D eigenvalue weighted by atomic mass is 19.1. The molecule has 3 heteroatoms. The van der Waals surface area contributed by atoms with Gasteiger partial charge in [0, 0.05) is 17.6 Å². The molecule has 0 aromatic heterocycles. The number of hydrogen-bond acceptors (Lipinski definition) is 2. The maximum Gasteiger partial charge on any atom is 0.123 e. The van der Waals surface area contributed by atoms with E-state index in [4.69, 9.17) is 0 Å². The van der Waals surface area contributed by atoms with Gasteiger partial charge in [-0.25, -0.2) is 4.39 Å². The van der Waals surface area contributed by atoms with Crippen LogP contribution >= 0.6 is 0 Å². The number of halogens is 1. The van der Waals surface area contributed by atoms with Crippen molar-refractivity contribution in [1.82, 2.24) is 5.32 Å². The molecule has 0 amide bonds. The standard InChI is InChI=1S/C15H22FNO/c1-9(11-8-10(16)6-7-12(11)18)17-13-14(2,3)15(13,4)5/h6-9,13,17-18H,1-5H3. The van der Waals surface area contributed by atoms with E-state index in [1.807, 2.05) is 6.92 Å². The van der Waals surface area contributed by atoms with Gasteiger partial charge in [-0.1, -0.05) is 27.7 Å². The molecule has 1 saturated carbocycles. The van der Waals surface area contributed by atoms with E-state index in [2.05, 4.69) is 33.0 Å². The second kappa shape index (κ2) is 3.95. The lowest BCUT2D eigenvalue weighted by Crippen LogP contribution is -2.25. The molecule has 1 atom stereocenters. The third-order valence-corrected chi connectivity index (χ3v) is 4.89. The molecule has 0 radical (unpaired) electrons. The van der Waals surface area contributed by atoms with Crippen molar-refractivity contribution in [3.8, 4) is 5.75 Å². The normalized spacial score (nSPS) is 22.8. The number of phenolic OH excluding ortho intramolecular Hbond substituents is 1. The topological polar surface area (TPSA) is 32.3 Å². The number of benzene rings is 1. The second-order valence-electron chi connectivity index (χ2n) is 6.47. The zero-order valence-corrected chi connectivity index (χ0v) is 11.7. The monoisotopic (exact) mass is 251 g/mol. The van der Waals surface area contributed by atoms with Gasteiger partial charge < -0.3 is 10.4 Å². The molecule has 1 unspecified atom stereocenters. The molecule has 0 aliphatic heterocycles. The van der Waals surface area contributed by atoms with Gasteiger partial charge in [-0.15, -0.1) is 0 Å². The first-order valence-corrected chi connectivity index (χ1v) is 6.42. The van der Waals surface area contributed by atoms with E-state index >= 15 is 0 Å². The smallest absolute Gasteiger partial charge is 0.123 e. The van der Waals surface area contributed by atoms with E-state index in [0.29, 0.717) is 11.6 Å². The maximum absolute atomic E-state index is 13.2. The molecular formula is C15H22FNO. The quantitative estimate of drug-likeness (QED) is 0.860. The first kappa shape index (κ1) is 13.3. The van der Waals surface area contributed by atoms with E-state index in [-0.39, 0.29) is 28.4 Å². The lowest BCUT2D eigenvalue weighted by atomic mass is 10.0. The average Bonchev–Trinajstić information content (AvgIpc) is 2.64. The molecule has 2 nitrogen and oxygen atoms in total. The van der Waals surface area contributed by atoms with Crippen LogP contribution in [0.3, 0.4) is 0 Å². The summed E-state index contributed by atoms with van der Waals surface area (Å²) in [5.41, 5.74) is 1.07. The first-order chi connectivity index (χ1) is 8.18. The zero-order valence-electron chi connectivity index (χ0n) is 11.7. The van der Waals surface area contributed by atoms with Crippen molar-refractivity contribution in [2.75, 3.05) is 0 Å². The van der Waals surface area contributed by atoms with Gasteiger partial charge in [0.1, 0.15) is 11.6 Å². The van der Waals surface area contributed by atoms with Crippen LogP contribution in [0.4, 0.5) is 4.39 Å². The minimum atomic E-state index is -0.314. The molecule has 0 saturated heterocycles. The van der Waals surface area contributed by atoms with Crippen molar-refractivity contribution >= 4 is 0 Å². The summed E-state index contributed by atoms with van der Waals surface area (Å²) >= 11 is 0.